The Morgan fingerprint density at radius 1 is 1.52 bits per heavy atom. The second-order valence-corrected chi connectivity index (χ2v) is 6.99. The molecule has 1 amide bonds. The van der Waals surface area contributed by atoms with Gasteiger partial charge in [0.25, 0.3) is 0 Å². The maximum atomic E-state index is 11.9. The van der Waals surface area contributed by atoms with E-state index in [1.807, 2.05) is 0 Å². The van der Waals surface area contributed by atoms with E-state index in [9.17, 15) is 18.4 Å². The van der Waals surface area contributed by atoms with Crippen LogP contribution in [0.15, 0.2) is 12.2 Å². The molecule has 23 heavy (non-hydrogen) atoms. The number of rotatable bonds is 6. The molecule has 2 aliphatic rings. The number of fused-ring (bicyclic) bond motifs is 2. The Kier molecular flexibility index (Phi) is 5.24. The van der Waals surface area contributed by atoms with Gasteiger partial charge in [0.1, 0.15) is 18.2 Å². The molecule has 9 heteroatoms. The van der Waals surface area contributed by atoms with E-state index in [-0.39, 0.29) is 18.5 Å². The molecule has 6 unspecified atom stereocenters. The van der Waals surface area contributed by atoms with Crippen molar-refractivity contribution in [2.45, 2.75) is 49.4 Å². The first kappa shape index (κ1) is 18.1. The van der Waals surface area contributed by atoms with Gasteiger partial charge in [-0.1, -0.05) is 6.58 Å². The van der Waals surface area contributed by atoms with E-state index in [0.717, 1.165) is 0 Å². The summed E-state index contributed by atoms with van der Waals surface area (Å²) in [5.74, 6) is -1.09. The van der Waals surface area contributed by atoms with Gasteiger partial charge < -0.3 is 24.1 Å². The fourth-order valence-electron chi connectivity index (χ4n) is 3.14. The summed E-state index contributed by atoms with van der Waals surface area (Å²) in [6.45, 7) is 6.32. The number of carbonyl (C=O) groups excluding carboxylic acids is 2. The van der Waals surface area contributed by atoms with E-state index in [1.54, 1.807) is 6.92 Å². The lowest BCUT2D eigenvalue weighted by Gasteiger charge is -2.38. The summed E-state index contributed by atoms with van der Waals surface area (Å²) in [6, 6.07) is 0. The maximum Gasteiger partial charge on any atom is 0.325 e. The third kappa shape index (κ3) is 3.32. The molecule has 0 aliphatic carbocycles. The number of nitrogens with one attached hydrogen (secondary N) is 1. The third-order valence-corrected chi connectivity index (χ3v) is 5.38. The zero-order valence-corrected chi connectivity index (χ0v) is 14.0. The quantitative estimate of drug-likeness (QED) is 0.388. The maximum absolute atomic E-state index is 11.9. The average Bonchev–Trinajstić information content (AvgIpc) is 2.94. The Hall–Kier alpha value is -1.29. The molecule has 0 saturated carbocycles. The summed E-state index contributed by atoms with van der Waals surface area (Å²) in [5.41, 5.74) is -0.776. The summed E-state index contributed by atoms with van der Waals surface area (Å²) in [7, 11) is 1.41. The lowest BCUT2D eigenvalue weighted by Crippen LogP contribution is -2.55. The van der Waals surface area contributed by atoms with Gasteiger partial charge in [0.05, 0.1) is 11.4 Å². The standard InChI is InChI=1S/C14H21NO7S/c1-7(2)13(17)15-6-10(16)21-11-8-5-9(23(18)19)14(3,22-8)12(11)20-4/h8-9,11-12H,1,5-6H2,2-4H3,(H,15,17)(H,18,19)/p-1. The van der Waals surface area contributed by atoms with Crippen LogP contribution in [-0.4, -0.2) is 63.5 Å². The second-order valence-electron chi connectivity index (χ2n) is 5.90. The van der Waals surface area contributed by atoms with Crippen LogP contribution in [0.1, 0.15) is 20.3 Å². The molecule has 6 atom stereocenters. The van der Waals surface area contributed by atoms with Crippen molar-refractivity contribution in [1.82, 2.24) is 5.32 Å². The molecule has 2 aliphatic heterocycles. The van der Waals surface area contributed by atoms with Crippen LogP contribution in [0.5, 0.6) is 0 Å². The van der Waals surface area contributed by atoms with Gasteiger partial charge in [0, 0.05) is 12.7 Å². The molecule has 2 fully saturated rings. The fraction of sp³-hybridized carbons (Fsp3) is 0.714. The summed E-state index contributed by atoms with van der Waals surface area (Å²) in [6.07, 6.45) is -1.71. The number of esters is 1. The van der Waals surface area contributed by atoms with E-state index in [0.29, 0.717) is 0 Å². The highest BCUT2D eigenvalue weighted by Crippen LogP contribution is 2.48. The molecule has 2 bridgehead atoms. The summed E-state index contributed by atoms with van der Waals surface area (Å²) < 4.78 is 39.0. The Balaban J connectivity index is 1.99. The molecule has 2 saturated heterocycles. The summed E-state index contributed by atoms with van der Waals surface area (Å²) >= 11 is -2.31. The highest BCUT2D eigenvalue weighted by atomic mass is 32.2. The molecule has 1 N–H and O–H groups in total. The number of hydrogen-bond acceptors (Lipinski definition) is 7. The van der Waals surface area contributed by atoms with E-state index < -0.39 is 52.1 Å². The van der Waals surface area contributed by atoms with Crippen LogP contribution in [-0.2, 0) is 34.9 Å². The minimum absolute atomic E-state index is 0.239. The molecule has 0 aromatic heterocycles. The van der Waals surface area contributed by atoms with Crippen LogP contribution < -0.4 is 5.32 Å². The number of methoxy groups -OCH3 is 1. The van der Waals surface area contributed by atoms with Crippen molar-refractivity contribution in [3.8, 4) is 0 Å². The van der Waals surface area contributed by atoms with Gasteiger partial charge in [0.15, 0.2) is 6.10 Å². The SMILES string of the molecule is C=C(C)C(=O)NCC(=O)OC1C2CC(S(=O)[O-])C(C)(O2)C1OC. The van der Waals surface area contributed by atoms with Crippen molar-refractivity contribution in [1.29, 1.82) is 0 Å². The van der Waals surface area contributed by atoms with E-state index >= 15 is 0 Å². The van der Waals surface area contributed by atoms with Gasteiger partial charge in [-0.3, -0.25) is 13.8 Å². The van der Waals surface area contributed by atoms with Crippen LogP contribution in [0.3, 0.4) is 0 Å². The normalized spacial score (nSPS) is 36.5. The van der Waals surface area contributed by atoms with Gasteiger partial charge >= 0.3 is 5.97 Å². The van der Waals surface area contributed by atoms with Crippen LogP contribution >= 0.6 is 0 Å². The Bertz CT molecular complexity index is 551. The van der Waals surface area contributed by atoms with Crippen LogP contribution in [0.4, 0.5) is 0 Å². The first-order valence-corrected chi connectivity index (χ1v) is 8.26. The first-order chi connectivity index (χ1) is 10.7. The summed E-state index contributed by atoms with van der Waals surface area (Å²) in [5, 5.41) is 1.66. The highest BCUT2D eigenvalue weighted by molar-refractivity contribution is 7.79. The topological polar surface area (TPSA) is 114 Å². The largest absolute Gasteiger partial charge is 0.772 e. The third-order valence-electron chi connectivity index (χ3n) is 4.26. The van der Waals surface area contributed by atoms with Crippen LogP contribution in [0.25, 0.3) is 0 Å². The molecule has 2 rings (SSSR count). The molecular formula is C14H20NO7S-. The molecular weight excluding hydrogens is 326 g/mol. The molecule has 130 valence electrons. The number of amides is 1. The van der Waals surface area contributed by atoms with E-state index in [1.165, 1.54) is 14.0 Å². The minimum Gasteiger partial charge on any atom is -0.772 e. The zero-order valence-electron chi connectivity index (χ0n) is 13.2. The van der Waals surface area contributed by atoms with Gasteiger partial charge in [0.2, 0.25) is 5.91 Å². The van der Waals surface area contributed by atoms with Crippen LogP contribution in [0, 0.1) is 0 Å². The average molecular weight is 346 g/mol. The van der Waals surface area contributed by atoms with Crippen molar-refractivity contribution in [3.05, 3.63) is 12.2 Å². The Morgan fingerprint density at radius 3 is 2.70 bits per heavy atom. The van der Waals surface area contributed by atoms with Crippen molar-refractivity contribution in [2.75, 3.05) is 13.7 Å². The molecule has 2 heterocycles. The Morgan fingerprint density at radius 2 is 2.17 bits per heavy atom. The van der Waals surface area contributed by atoms with E-state index in [2.05, 4.69) is 11.9 Å². The van der Waals surface area contributed by atoms with Crippen molar-refractivity contribution >= 4 is 23.0 Å². The second kappa shape index (κ2) is 6.68. The number of carbonyl (C=O) groups is 2. The smallest absolute Gasteiger partial charge is 0.325 e. The first-order valence-electron chi connectivity index (χ1n) is 7.12. The highest BCUT2D eigenvalue weighted by Gasteiger charge is 2.64. The van der Waals surface area contributed by atoms with Gasteiger partial charge in [-0.05, 0) is 31.3 Å². The number of hydrogen-bond donors (Lipinski definition) is 1. The predicted octanol–water partition coefficient (Wildman–Crippen LogP) is -0.586. The molecule has 0 aromatic rings. The van der Waals surface area contributed by atoms with E-state index in [4.69, 9.17) is 14.2 Å². The number of ether oxygens (including phenoxy) is 3. The van der Waals surface area contributed by atoms with Gasteiger partial charge in [-0.25, -0.2) is 0 Å². The van der Waals surface area contributed by atoms with Gasteiger partial charge in [-0.15, -0.1) is 0 Å². The molecule has 0 aromatic carbocycles. The lowest BCUT2D eigenvalue weighted by molar-refractivity contribution is -0.157. The molecule has 0 radical (unpaired) electrons. The zero-order chi connectivity index (χ0) is 17.4. The fourth-order valence-corrected chi connectivity index (χ4v) is 4.06. The van der Waals surface area contributed by atoms with Crippen molar-refractivity contribution in [2.24, 2.45) is 0 Å². The predicted molar refractivity (Wildman–Crippen MR) is 79.1 cm³/mol. The molecule has 0 spiro atoms. The lowest BCUT2D eigenvalue weighted by atomic mass is 9.84. The van der Waals surface area contributed by atoms with Gasteiger partial charge in [-0.2, -0.15) is 0 Å². The van der Waals surface area contributed by atoms with Crippen molar-refractivity contribution in [3.63, 3.8) is 0 Å². The molecule has 8 nitrogen and oxygen atoms in total. The monoisotopic (exact) mass is 346 g/mol. The van der Waals surface area contributed by atoms with Crippen LogP contribution in [0.2, 0.25) is 0 Å². The van der Waals surface area contributed by atoms with Crippen molar-refractivity contribution < 1.29 is 32.6 Å². The summed E-state index contributed by atoms with van der Waals surface area (Å²) in [4.78, 5) is 23.2. The minimum atomic E-state index is -2.31. The Labute approximate surface area is 136 Å².